The lowest BCUT2D eigenvalue weighted by Gasteiger charge is -2.35. The Labute approximate surface area is 225 Å². The molecule has 2 unspecified atom stereocenters. The highest BCUT2D eigenvalue weighted by Crippen LogP contribution is 2.54. The molecule has 2 atom stereocenters. The van der Waals surface area contributed by atoms with Gasteiger partial charge in [0.1, 0.15) is 0 Å². The van der Waals surface area contributed by atoms with Crippen LogP contribution < -0.4 is 28.4 Å². The van der Waals surface area contributed by atoms with Crippen LogP contribution in [0, 0.1) is 5.92 Å². The van der Waals surface area contributed by atoms with Gasteiger partial charge >= 0.3 is 5.97 Å². The van der Waals surface area contributed by atoms with E-state index in [1.807, 2.05) is 39.0 Å². The van der Waals surface area contributed by atoms with Crippen molar-refractivity contribution in [3.8, 4) is 34.5 Å². The molecule has 0 aromatic heterocycles. The summed E-state index contributed by atoms with van der Waals surface area (Å²) < 4.78 is 40.9. The molecule has 2 aromatic rings. The Kier molecular flexibility index (Phi) is 10.2. The van der Waals surface area contributed by atoms with E-state index in [9.17, 15) is 4.79 Å². The van der Waals surface area contributed by atoms with Crippen molar-refractivity contribution < 1.29 is 38.0 Å². The molecule has 208 valence electrons. The van der Waals surface area contributed by atoms with Crippen molar-refractivity contribution in [2.45, 2.75) is 46.5 Å². The summed E-state index contributed by atoms with van der Waals surface area (Å²) in [5.41, 5.74) is 3.81. The molecule has 0 saturated carbocycles. The van der Waals surface area contributed by atoms with Gasteiger partial charge in [0, 0.05) is 24.3 Å². The summed E-state index contributed by atoms with van der Waals surface area (Å²) >= 11 is 0. The Morgan fingerprint density at radius 1 is 0.789 bits per heavy atom. The highest BCUT2D eigenvalue weighted by atomic mass is 16.5. The van der Waals surface area contributed by atoms with E-state index < -0.39 is 0 Å². The first-order valence-electron chi connectivity index (χ1n) is 13.0. The second kappa shape index (κ2) is 13.3. The van der Waals surface area contributed by atoms with Crippen molar-refractivity contribution in [3.05, 3.63) is 40.5 Å². The average molecular weight is 529 g/mol. The number of benzene rings is 2. The Hall–Kier alpha value is -3.55. The van der Waals surface area contributed by atoms with Gasteiger partial charge in [0.05, 0.1) is 48.3 Å². The third-order valence-electron chi connectivity index (χ3n) is 6.59. The highest BCUT2D eigenvalue weighted by Gasteiger charge is 2.38. The van der Waals surface area contributed by atoms with Crippen LogP contribution in [0.4, 0.5) is 0 Å². The molecule has 0 heterocycles. The average Bonchev–Trinajstić information content (AvgIpc) is 2.92. The van der Waals surface area contributed by atoms with Gasteiger partial charge in [-0.15, -0.1) is 0 Å². The summed E-state index contributed by atoms with van der Waals surface area (Å²) in [7, 11) is 6.46. The highest BCUT2D eigenvalue weighted by molar-refractivity contribution is 5.74. The zero-order valence-electron chi connectivity index (χ0n) is 23.8. The summed E-state index contributed by atoms with van der Waals surface area (Å²) in [6.45, 7) is 8.77. The van der Waals surface area contributed by atoms with E-state index in [0.29, 0.717) is 47.7 Å². The molecule has 0 N–H and O–H groups in total. The van der Waals surface area contributed by atoms with Crippen molar-refractivity contribution >= 4 is 12.0 Å². The quantitative estimate of drug-likeness (QED) is 0.292. The van der Waals surface area contributed by atoms with Crippen molar-refractivity contribution in [1.29, 1.82) is 0 Å². The predicted octanol–water partition coefficient (Wildman–Crippen LogP) is 6.03. The van der Waals surface area contributed by atoms with Crippen LogP contribution in [0.15, 0.2) is 23.8 Å². The largest absolute Gasteiger partial charge is 0.493 e. The van der Waals surface area contributed by atoms with Crippen LogP contribution in [0.2, 0.25) is 0 Å². The Morgan fingerprint density at radius 3 is 1.84 bits per heavy atom. The van der Waals surface area contributed by atoms with Crippen LogP contribution in [0.25, 0.3) is 6.08 Å². The van der Waals surface area contributed by atoms with E-state index in [-0.39, 0.29) is 24.4 Å². The van der Waals surface area contributed by atoms with E-state index in [1.54, 1.807) is 28.4 Å². The van der Waals surface area contributed by atoms with E-state index in [2.05, 4.69) is 6.08 Å². The van der Waals surface area contributed by atoms with Crippen LogP contribution in [0.3, 0.4) is 0 Å². The SMILES string of the molecule is CCCOc1c(OC)cc(C2c3c(cc(OC)c(OCCC)c3OC)C=C(C)C2COC(C)=O)cc1OC. The minimum Gasteiger partial charge on any atom is -0.493 e. The van der Waals surface area contributed by atoms with Crippen LogP contribution in [0.5, 0.6) is 34.5 Å². The van der Waals surface area contributed by atoms with Gasteiger partial charge in [-0.1, -0.05) is 25.5 Å². The summed E-state index contributed by atoms with van der Waals surface area (Å²) in [5, 5.41) is 0. The predicted molar refractivity (Wildman–Crippen MR) is 146 cm³/mol. The Bertz CT molecular complexity index is 1130. The molecular weight excluding hydrogens is 488 g/mol. The number of fused-ring (bicyclic) bond motifs is 1. The Morgan fingerprint density at radius 2 is 1.34 bits per heavy atom. The lowest BCUT2D eigenvalue weighted by molar-refractivity contribution is -0.142. The number of ether oxygens (including phenoxy) is 7. The smallest absolute Gasteiger partial charge is 0.302 e. The van der Waals surface area contributed by atoms with Gasteiger partial charge in [-0.25, -0.2) is 0 Å². The Balaban J connectivity index is 2.33. The third-order valence-corrected chi connectivity index (χ3v) is 6.59. The number of carbonyl (C=O) groups excluding carboxylic acids is 1. The number of methoxy groups -OCH3 is 4. The van der Waals surface area contributed by atoms with Crippen molar-refractivity contribution in [3.63, 3.8) is 0 Å². The molecule has 8 nitrogen and oxygen atoms in total. The second-order valence-corrected chi connectivity index (χ2v) is 9.17. The van der Waals surface area contributed by atoms with Gasteiger partial charge in [-0.05, 0) is 49.1 Å². The summed E-state index contributed by atoms with van der Waals surface area (Å²) in [4.78, 5) is 11.8. The first-order valence-corrected chi connectivity index (χ1v) is 13.0. The zero-order valence-corrected chi connectivity index (χ0v) is 23.8. The number of hydrogen-bond donors (Lipinski definition) is 0. The maximum atomic E-state index is 11.8. The van der Waals surface area contributed by atoms with Crippen LogP contribution in [-0.2, 0) is 9.53 Å². The van der Waals surface area contributed by atoms with E-state index in [0.717, 1.165) is 35.1 Å². The topological polar surface area (TPSA) is 81.7 Å². The second-order valence-electron chi connectivity index (χ2n) is 9.17. The summed E-state index contributed by atoms with van der Waals surface area (Å²) in [5.74, 6) is 2.59. The summed E-state index contributed by atoms with van der Waals surface area (Å²) in [6.07, 6.45) is 3.76. The van der Waals surface area contributed by atoms with Gasteiger partial charge in [0.15, 0.2) is 23.0 Å². The molecule has 1 aliphatic carbocycles. The van der Waals surface area contributed by atoms with Crippen molar-refractivity contribution in [2.24, 2.45) is 5.92 Å². The molecule has 0 bridgehead atoms. The van der Waals surface area contributed by atoms with E-state index in [1.165, 1.54) is 6.92 Å². The van der Waals surface area contributed by atoms with Crippen molar-refractivity contribution in [2.75, 3.05) is 48.3 Å². The van der Waals surface area contributed by atoms with E-state index >= 15 is 0 Å². The fraction of sp³-hybridized carbons (Fsp3) is 0.500. The molecule has 0 aliphatic heterocycles. The van der Waals surface area contributed by atoms with Gasteiger partial charge in [-0.3, -0.25) is 4.79 Å². The fourth-order valence-electron chi connectivity index (χ4n) is 4.86. The van der Waals surface area contributed by atoms with E-state index in [4.69, 9.17) is 33.2 Å². The van der Waals surface area contributed by atoms with Gasteiger partial charge in [0.2, 0.25) is 11.5 Å². The molecule has 0 amide bonds. The van der Waals surface area contributed by atoms with Gasteiger partial charge in [0.25, 0.3) is 0 Å². The standard InChI is InChI=1S/C30H40O8/c1-9-11-36-28-23(32-5)15-21(16-24(28)33-6)26-22(17-38-19(4)31)18(3)13-20-14-25(34-7)29(37-12-10-2)30(35-8)27(20)26/h13-16,22,26H,9-12,17H2,1-8H3. The van der Waals surface area contributed by atoms with Gasteiger partial charge < -0.3 is 33.2 Å². The normalized spacial score (nSPS) is 16.2. The molecule has 1 aliphatic rings. The number of rotatable bonds is 13. The lowest BCUT2D eigenvalue weighted by Crippen LogP contribution is -2.26. The molecule has 0 saturated heterocycles. The lowest BCUT2D eigenvalue weighted by atomic mass is 9.71. The van der Waals surface area contributed by atoms with Crippen LogP contribution in [-0.4, -0.2) is 54.2 Å². The first-order chi connectivity index (χ1) is 18.3. The first kappa shape index (κ1) is 29.0. The fourth-order valence-corrected chi connectivity index (χ4v) is 4.86. The molecule has 0 radical (unpaired) electrons. The molecule has 3 rings (SSSR count). The molecule has 38 heavy (non-hydrogen) atoms. The zero-order chi connectivity index (χ0) is 27.8. The maximum Gasteiger partial charge on any atom is 0.302 e. The van der Waals surface area contributed by atoms with Crippen LogP contribution >= 0.6 is 0 Å². The number of carbonyl (C=O) groups is 1. The third kappa shape index (κ3) is 5.95. The molecule has 8 heteroatoms. The maximum absolute atomic E-state index is 11.8. The van der Waals surface area contributed by atoms with Gasteiger partial charge in [-0.2, -0.15) is 0 Å². The minimum atomic E-state index is -0.338. The number of hydrogen-bond acceptors (Lipinski definition) is 8. The van der Waals surface area contributed by atoms with Crippen LogP contribution in [0.1, 0.15) is 63.1 Å². The monoisotopic (exact) mass is 528 g/mol. The molecule has 2 aromatic carbocycles. The minimum absolute atomic E-state index is 0.176. The molecular formula is C30H40O8. The van der Waals surface area contributed by atoms with Crippen molar-refractivity contribution in [1.82, 2.24) is 0 Å². The molecule has 0 spiro atoms. The molecule has 0 fully saturated rings. The number of esters is 1. The summed E-state index contributed by atoms with van der Waals surface area (Å²) in [6, 6.07) is 5.88.